The summed E-state index contributed by atoms with van der Waals surface area (Å²) >= 11 is 0. The summed E-state index contributed by atoms with van der Waals surface area (Å²) in [6, 6.07) is -0.409. The van der Waals surface area contributed by atoms with Crippen molar-refractivity contribution in [2.75, 3.05) is 26.2 Å². The fraction of sp³-hybridized carbons (Fsp3) is 0.818. The molecular formula is C11H21N3O2. The number of amides is 2. The lowest BCUT2D eigenvalue weighted by Gasteiger charge is -2.34. The molecule has 5 heteroatoms. The zero-order valence-corrected chi connectivity index (χ0v) is 10.1. The van der Waals surface area contributed by atoms with Gasteiger partial charge >= 0.3 is 0 Å². The third-order valence-electron chi connectivity index (χ3n) is 3.32. The van der Waals surface area contributed by atoms with Gasteiger partial charge in [0.2, 0.25) is 12.3 Å². The minimum Gasteiger partial charge on any atom is -0.342 e. The van der Waals surface area contributed by atoms with E-state index in [4.69, 9.17) is 5.73 Å². The summed E-state index contributed by atoms with van der Waals surface area (Å²) in [6.07, 6.45) is 1.73. The molecule has 2 atom stereocenters. The fourth-order valence-electron chi connectivity index (χ4n) is 1.76. The van der Waals surface area contributed by atoms with Crippen LogP contribution in [0.5, 0.6) is 0 Å². The average molecular weight is 227 g/mol. The molecule has 0 bridgehead atoms. The highest BCUT2D eigenvalue weighted by atomic mass is 16.2. The zero-order valence-electron chi connectivity index (χ0n) is 10.1. The lowest BCUT2D eigenvalue weighted by atomic mass is 9.98. The van der Waals surface area contributed by atoms with Crippen molar-refractivity contribution in [3.8, 4) is 0 Å². The van der Waals surface area contributed by atoms with Crippen molar-refractivity contribution >= 4 is 12.3 Å². The first-order valence-corrected chi connectivity index (χ1v) is 5.83. The molecule has 0 spiro atoms. The van der Waals surface area contributed by atoms with Crippen LogP contribution in [0.4, 0.5) is 0 Å². The Morgan fingerprint density at radius 3 is 2.38 bits per heavy atom. The van der Waals surface area contributed by atoms with E-state index in [0.29, 0.717) is 26.2 Å². The van der Waals surface area contributed by atoms with Gasteiger partial charge in [-0.25, -0.2) is 0 Å². The second-order valence-electron chi connectivity index (χ2n) is 4.38. The number of nitrogens with two attached hydrogens (primary N) is 1. The van der Waals surface area contributed by atoms with Crippen LogP contribution in [-0.2, 0) is 9.59 Å². The maximum absolute atomic E-state index is 12.0. The second kappa shape index (κ2) is 5.84. The van der Waals surface area contributed by atoms with Crippen LogP contribution in [0.2, 0.25) is 0 Å². The maximum Gasteiger partial charge on any atom is 0.239 e. The first kappa shape index (κ1) is 13.0. The summed E-state index contributed by atoms with van der Waals surface area (Å²) in [5.41, 5.74) is 5.89. The summed E-state index contributed by atoms with van der Waals surface area (Å²) < 4.78 is 0. The van der Waals surface area contributed by atoms with Gasteiger partial charge < -0.3 is 15.5 Å². The number of carbonyl (C=O) groups is 2. The third-order valence-corrected chi connectivity index (χ3v) is 3.32. The Labute approximate surface area is 96.6 Å². The molecule has 1 unspecified atom stereocenters. The number of carbonyl (C=O) groups excluding carboxylic acids is 2. The van der Waals surface area contributed by atoms with Crippen molar-refractivity contribution in [2.24, 2.45) is 11.7 Å². The topological polar surface area (TPSA) is 66.6 Å². The van der Waals surface area contributed by atoms with Crippen LogP contribution in [0.3, 0.4) is 0 Å². The largest absolute Gasteiger partial charge is 0.342 e. The number of piperazine rings is 1. The lowest BCUT2D eigenvalue weighted by Crippen LogP contribution is -2.54. The lowest BCUT2D eigenvalue weighted by molar-refractivity contribution is -0.137. The first-order valence-electron chi connectivity index (χ1n) is 5.83. The molecule has 2 N–H and O–H groups in total. The van der Waals surface area contributed by atoms with E-state index < -0.39 is 6.04 Å². The van der Waals surface area contributed by atoms with Gasteiger partial charge in [0.05, 0.1) is 6.04 Å². The predicted octanol–water partition coefficient (Wildman–Crippen LogP) is -0.340. The van der Waals surface area contributed by atoms with Crippen molar-refractivity contribution in [2.45, 2.75) is 26.3 Å². The van der Waals surface area contributed by atoms with E-state index in [1.165, 1.54) is 0 Å². The maximum atomic E-state index is 12.0. The molecule has 1 fully saturated rings. The Bertz CT molecular complexity index is 250. The van der Waals surface area contributed by atoms with Gasteiger partial charge in [0.25, 0.3) is 0 Å². The minimum atomic E-state index is -0.409. The molecule has 2 amide bonds. The van der Waals surface area contributed by atoms with E-state index in [0.717, 1.165) is 12.8 Å². The summed E-state index contributed by atoms with van der Waals surface area (Å²) in [7, 11) is 0. The molecule has 0 aliphatic carbocycles. The molecule has 1 heterocycles. The smallest absolute Gasteiger partial charge is 0.239 e. The van der Waals surface area contributed by atoms with E-state index in [1.807, 2.05) is 13.8 Å². The van der Waals surface area contributed by atoms with E-state index in [2.05, 4.69) is 0 Å². The van der Waals surface area contributed by atoms with Crippen LogP contribution < -0.4 is 5.73 Å². The first-order chi connectivity index (χ1) is 7.60. The summed E-state index contributed by atoms with van der Waals surface area (Å²) in [4.78, 5) is 26.0. The Balaban J connectivity index is 2.47. The molecule has 0 aromatic heterocycles. The molecule has 0 aromatic carbocycles. The number of hydrogen-bond acceptors (Lipinski definition) is 3. The zero-order chi connectivity index (χ0) is 12.1. The number of rotatable bonds is 4. The van der Waals surface area contributed by atoms with Crippen LogP contribution in [0.1, 0.15) is 20.3 Å². The quantitative estimate of drug-likeness (QED) is 0.668. The summed E-state index contributed by atoms with van der Waals surface area (Å²) in [5.74, 6) is 0.219. The average Bonchev–Trinajstić information content (AvgIpc) is 2.36. The van der Waals surface area contributed by atoms with Gasteiger partial charge in [0, 0.05) is 26.2 Å². The van der Waals surface area contributed by atoms with Gasteiger partial charge in [0.1, 0.15) is 0 Å². The second-order valence-corrected chi connectivity index (χ2v) is 4.38. The van der Waals surface area contributed by atoms with Gasteiger partial charge in [0.15, 0.2) is 0 Å². The fourth-order valence-corrected chi connectivity index (χ4v) is 1.76. The Hall–Kier alpha value is -1.10. The molecule has 1 saturated heterocycles. The predicted molar refractivity (Wildman–Crippen MR) is 61.6 cm³/mol. The van der Waals surface area contributed by atoms with Crippen molar-refractivity contribution in [1.29, 1.82) is 0 Å². The molecular weight excluding hydrogens is 206 g/mol. The molecule has 0 radical (unpaired) electrons. The van der Waals surface area contributed by atoms with E-state index in [1.54, 1.807) is 9.80 Å². The van der Waals surface area contributed by atoms with Crippen LogP contribution in [0.25, 0.3) is 0 Å². The molecule has 5 nitrogen and oxygen atoms in total. The summed E-state index contributed by atoms with van der Waals surface area (Å²) in [6.45, 7) is 6.45. The molecule has 0 saturated carbocycles. The van der Waals surface area contributed by atoms with Gasteiger partial charge in [-0.05, 0) is 5.92 Å². The molecule has 16 heavy (non-hydrogen) atoms. The van der Waals surface area contributed by atoms with Gasteiger partial charge in [-0.3, -0.25) is 9.59 Å². The highest BCUT2D eigenvalue weighted by Gasteiger charge is 2.27. The number of hydrogen-bond donors (Lipinski definition) is 1. The normalized spacial score (nSPS) is 20.4. The molecule has 0 aromatic rings. The number of nitrogens with zero attached hydrogens (tertiary/aromatic N) is 2. The van der Waals surface area contributed by atoms with Gasteiger partial charge in [-0.1, -0.05) is 20.3 Å². The third kappa shape index (κ3) is 2.95. The Morgan fingerprint density at radius 1 is 1.38 bits per heavy atom. The van der Waals surface area contributed by atoms with E-state index >= 15 is 0 Å². The van der Waals surface area contributed by atoms with Crippen LogP contribution in [-0.4, -0.2) is 54.3 Å². The minimum absolute atomic E-state index is 0.0138. The molecule has 1 rings (SSSR count). The standard InChI is InChI=1S/C11H21N3O2/c1-3-9(2)10(12)11(16)14-6-4-13(8-15)5-7-14/h8-10H,3-7,12H2,1-2H3/t9?,10-/m0/s1. The SMILES string of the molecule is CCC(C)[C@H](N)C(=O)N1CCN(C=O)CC1. The highest BCUT2D eigenvalue weighted by molar-refractivity contribution is 5.82. The van der Waals surface area contributed by atoms with E-state index in [-0.39, 0.29) is 11.8 Å². The van der Waals surface area contributed by atoms with E-state index in [9.17, 15) is 9.59 Å². The van der Waals surface area contributed by atoms with Crippen LogP contribution >= 0.6 is 0 Å². The van der Waals surface area contributed by atoms with Crippen molar-refractivity contribution in [3.63, 3.8) is 0 Å². The Kier molecular flexibility index (Phi) is 4.73. The van der Waals surface area contributed by atoms with Gasteiger partial charge in [-0.15, -0.1) is 0 Å². The van der Waals surface area contributed by atoms with Crippen LogP contribution in [0.15, 0.2) is 0 Å². The monoisotopic (exact) mass is 227 g/mol. The van der Waals surface area contributed by atoms with Crippen molar-refractivity contribution in [1.82, 2.24) is 9.80 Å². The van der Waals surface area contributed by atoms with Crippen molar-refractivity contribution in [3.05, 3.63) is 0 Å². The molecule has 92 valence electrons. The molecule has 1 aliphatic heterocycles. The van der Waals surface area contributed by atoms with Crippen LogP contribution in [0, 0.1) is 5.92 Å². The Morgan fingerprint density at radius 2 is 1.94 bits per heavy atom. The molecule has 1 aliphatic rings. The summed E-state index contributed by atoms with van der Waals surface area (Å²) in [5, 5.41) is 0. The van der Waals surface area contributed by atoms with Gasteiger partial charge in [-0.2, -0.15) is 0 Å². The van der Waals surface area contributed by atoms with Crippen molar-refractivity contribution < 1.29 is 9.59 Å². The highest BCUT2D eigenvalue weighted by Crippen LogP contribution is 2.10.